The molecule has 0 bridgehead atoms. The summed E-state index contributed by atoms with van der Waals surface area (Å²) in [6.45, 7) is -0.187. The predicted octanol–water partition coefficient (Wildman–Crippen LogP) is 2.65. The molecule has 0 saturated carbocycles. The molecule has 1 N–H and O–H groups in total. The Morgan fingerprint density at radius 3 is 2.15 bits per heavy atom. The Morgan fingerprint density at radius 1 is 1.00 bits per heavy atom. The topological polar surface area (TPSA) is 73.2 Å². The summed E-state index contributed by atoms with van der Waals surface area (Å²) >= 11 is 0. The normalized spacial score (nSPS) is 12.2. The van der Waals surface area contributed by atoms with E-state index in [9.17, 15) is 18.3 Å². The van der Waals surface area contributed by atoms with Gasteiger partial charge in [-0.1, -0.05) is 24.3 Å². The molecule has 0 amide bonds. The fourth-order valence-corrected chi connectivity index (χ4v) is 2.93. The van der Waals surface area contributed by atoms with Gasteiger partial charge in [0, 0.05) is 25.2 Å². The third-order valence-electron chi connectivity index (χ3n) is 4.37. The fraction of sp³-hybridized carbons (Fsp3) is 0.235. The number of alkyl halides is 3. The van der Waals surface area contributed by atoms with E-state index >= 15 is 0 Å². The molecule has 0 unspecified atom stereocenters. The molecule has 7 nitrogen and oxygen atoms in total. The van der Waals surface area contributed by atoms with Crippen LogP contribution in [0.15, 0.2) is 36.5 Å². The fourth-order valence-electron chi connectivity index (χ4n) is 2.93. The molecule has 10 heteroatoms. The second-order valence-electron chi connectivity index (χ2n) is 6.12. The van der Waals surface area contributed by atoms with Crippen molar-refractivity contribution < 1.29 is 18.3 Å². The number of hydrogen-bond donors (Lipinski definition) is 1. The molecule has 0 saturated heterocycles. The van der Waals surface area contributed by atoms with Gasteiger partial charge >= 0.3 is 6.18 Å². The van der Waals surface area contributed by atoms with Crippen LogP contribution in [-0.2, 0) is 26.9 Å². The maximum absolute atomic E-state index is 12.9. The lowest BCUT2D eigenvalue weighted by atomic mass is 10.1. The van der Waals surface area contributed by atoms with E-state index in [0.717, 1.165) is 16.3 Å². The zero-order chi connectivity index (χ0) is 19.3. The largest absolute Gasteiger partial charge is 0.433 e. The SMILES string of the molecule is Cn1nc(-c2ccc(-c3cn4nc(CO)n(C)c4n3)cc2)cc1C(F)(F)F. The molecule has 3 aromatic heterocycles. The lowest BCUT2D eigenvalue weighted by Gasteiger charge is -2.04. The van der Waals surface area contributed by atoms with Crippen LogP contribution in [-0.4, -0.2) is 34.1 Å². The predicted molar refractivity (Wildman–Crippen MR) is 90.5 cm³/mol. The van der Waals surface area contributed by atoms with Crippen molar-refractivity contribution in [1.82, 2.24) is 28.9 Å². The van der Waals surface area contributed by atoms with Gasteiger partial charge < -0.3 is 5.11 Å². The molecular formula is C17H15F3N6O. The lowest BCUT2D eigenvalue weighted by molar-refractivity contribution is -0.143. The van der Waals surface area contributed by atoms with Crippen molar-refractivity contribution in [2.75, 3.05) is 0 Å². The number of aryl methyl sites for hydroxylation is 2. The third-order valence-corrected chi connectivity index (χ3v) is 4.37. The Labute approximate surface area is 151 Å². The number of aliphatic hydroxyl groups is 1. The number of aromatic nitrogens is 6. The van der Waals surface area contributed by atoms with E-state index in [-0.39, 0.29) is 12.3 Å². The van der Waals surface area contributed by atoms with E-state index in [0.29, 0.717) is 22.9 Å². The van der Waals surface area contributed by atoms with Crippen molar-refractivity contribution in [3.8, 4) is 22.5 Å². The van der Waals surface area contributed by atoms with E-state index in [2.05, 4.69) is 15.2 Å². The summed E-state index contributed by atoms with van der Waals surface area (Å²) < 4.78 is 42.9. The van der Waals surface area contributed by atoms with Crippen molar-refractivity contribution in [2.24, 2.45) is 14.1 Å². The minimum atomic E-state index is -4.45. The molecule has 0 aliphatic heterocycles. The van der Waals surface area contributed by atoms with Crippen LogP contribution in [0.2, 0.25) is 0 Å². The van der Waals surface area contributed by atoms with Crippen molar-refractivity contribution >= 4 is 5.78 Å². The van der Waals surface area contributed by atoms with Crippen molar-refractivity contribution in [3.63, 3.8) is 0 Å². The Balaban J connectivity index is 1.66. The van der Waals surface area contributed by atoms with Crippen LogP contribution in [0, 0.1) is 0 Å². The van der Waals surface area contributed by atoms with Crippen LogP contribution in [0.25, 0.3) is 28.3 Å². The van der Waals surface area contributed by atoms with Gasteiger partial charge in [-0.3, -0.25) is 9.25 Å². The first-order chi connectivity index (χ1) is 12.8. The number of benzene rings is 1. The van der Waals surface area contributed by atoms with E-state index in [1.54, 1.807) is 46.6 Å². The molecule has 4 rings (SSSR count). The minimum absolute atomic E-state index is 0.187. The number of rotatable bonds is 3. The zero-order valence-electron chi connectivity index (χ0n) is 14.4. The Hall–Kier alpha value is -3.14. The monoisotopic (exact) mass is 376 g/mol. The molecule has 140 valence electrons. The minimum Gasteiger partial charge on any atom is -0.388 e. The molecule has 27 heavy (non-hydrogen) atoms. The van der Waals surface area contributed by atoms with Crippen LogP contribution in [0.5, 0.6) is 0 Å². The number of imidazole rings is 1. The van der Waals surface area contributed by atoms with Gasteiger partial charge in [0.1, 0.15) is 12.3 Å². The number of fused-ring (bicyclic) bond motifs is 1. The van der Waals surface area contributed by atoms with E-state index in [1.165, 1.54) is 7.05 Å². The Morgan fingerprint density at radius 2 is 1.63 bits per heavy atom. The maximum Gasteiger partial charge on any atom is 0.433 e. The van der Waals surface area contributed by atoms with Crippen molar-refractivity contribution in [3.05, 3.63) is 48.0 Å². The number of hydrogen-bond acceptors (Lipinski definition) is 4. The van der Waals surface area contributed by atoms with Gasteiger partial charge in [0.15, 0.2) is 5.82 Å². The second kappa shape index (κ2) is 5.95. The van der Waals surface area contributed by atoms with Gasteiger partial charge in [-0.2, -0.15) is 18.3 Å². The summed E-state index contributed by atoms with van der Waals surface area (Å²) in [5.41, 5.74) is 1.49. The van der Waals surface area contributed by atoms with E-state index in [1.807, 2.05) is 0 Å². The number of halogens is 3. The summed E-state index contributed by atoms with van der Waals surface area (Å²) in [4.78, 5) is 4.49. The van der Waals surface area contributed by atoms with Crippen LogP contribution in [0.1, 0.15) is 11.5 Å². The highest BCUT2D eigenvalue weighted by Gasteiger charge is 2.35. The number of aliphatic hydroxyl groups excluding tert-OH is 1. The first-order valence-electron chi connectivity index (χ1n) is 8.02. The van der Waals surface area contributed by atoms with Gasteiger partial charge in [0.2, 0.25) is 5.78 Å². The zero-order valence-corrected chi connectivity index (χ0v) is 14.4. The average Bonchev–Trinajstić information content (AvgIpc) is 3.29. The van der Waals surface area contributed by atoms with Crippen molar-refractivity contribution in [1.29, 1.82) is 0 Å². The quantitative estimate of drug-likeness (QED) is 0.597. The van der Waals surface area contributed by atoms with Gasteiger partial charge in [0.25, 0.3) is 0 Å². The van der Waals surface area contributed by atoms with Crippen LogP contribution in [0.3, 0.4) is 0 Å². The smallest absolute Gasteiger partial charge is 0.388 e. The molecule has 0 atom stereocenters. The van der Waals surface area contributed by atoms with E-state index < -0.39 is 11.9 Å². The number of nitrogens with zero attached hydrogens (tertiary/aromatic N) is 6. The summed E-state index contributed by atoms with van der Waals surface area (Å²) in [5, 5.41) is 17.4. The molecule has 4 aromatic rings. The standard InChI is InChI=1S/C17H15F3N6O/c1-24-15(9-27)23-26-8-13(21-16(24)26)11-5-3-10(4-6-11)12-7-14(17(18,19)20)25(2)22-12/h3-8,27H,9H2,1-2H3. The van der Waals surface area contributed by atoms with Gasteiger partial charge in [0.05, 0.1) is 17.6 Å². The highest BCUT2D eigenvalue weighted by Crippen LogP contribution is 2.32. The molecule has 0 aliphatic rings. The first-order valence-corrected chi connectivity index (χ1v) is 8.02. The highest BCUT2D eigenvalue weighted by molar-refractivity contribution is 5.67. The first kappa shape index (κ1) is 17.3. The van der Waals surface area contributed by atoms with Gasteiger partial charge in [-0.25, -0.2) is 9.50 Å². The molecule has 0 aliphatic carbocycles. The van der Waals surface area contributed by atoms with Crippen molar-refractivity contribution in [2.45, 2.75) is 12.8 Å². The summed E-state index contributed by atoms with van der Waals surface area (Å²) in [6, 6.07) is 7.97. The highest BCUT2D eigenvalue weighted by atomic mass is 19.4. The molecule has 0 radical (unpaired) electrons. The van der Waals surface area contributed by atoms with Crippen LogP contribution >= 0.6 is 0 Å². The molecule has 0 spiro atoms. The van der Waals surface area contributed by atoms with Crippen LogP contribution < -0.4 is 0 Å². The summed E-state index contributed by atoms with van der Waals surface area (Å²) in [7, 11) is 3.03. The lowest BCUT2D eigenvalue weighted by Crippen LogP contribution is -2.11. The Kier molecular flexibility index (Phi) is 3.81. The van der Waals surface area contributed by atoms with E-state index in [4.69, 9.17) is 0 Å². The molecular weight excluding hydrogens is 361 g/mol. The molecule has 3 heterocycles. The second-order valence-corrected chi connectivity index (χ2v) is 6.12. The van der Waals surface area contributed by atoms with Crippen LogP contribution in [0.4, 0.5) is 13.2 Å². The maximum atomic E-state index is 12.9. The van der Waals surface area contributed by atoms with Gasteiger partial charge in [-0.05, 0) is 6.07 Å². The summed E-state index contributed by atoms with van der Waals surface area (Å²) in [5.74, 6) is 1.08. The third kappa shape index (κ3) is 2.87. The average molecular weight is 376 g/mol. The summed E-state index contributed by atoms with van der Waals surface area (Å²) in [6.07, 6.45) is -2.72. The molecule has 1 aromatic carbocycles. The molecule has 0 fully saturated rings. The Bertz CT molecular complexity index is 1120. The van der Waals surface area contributed by atoms with Gasteiger partial charge in [-0.15, -0.1) is 5.10 Å².